The van der Waals surface area contributed by atoms with Crippen LogP contribution in [0.3, 0.4) is 0 Å². The third kappa shape index (κ3) is 3.87. The van der Waals surface area contributed by atoms with Gasteiger partial charge in [-0.3, -0.25) is 9.35 Å². The minimum absolute atomic E-state index is 0.172. The van der Waals surface area contributed by atoms with Crippen LogP contribution < -0.4 is 5.01 Å². The lowest BCUT2D eigenvalue weighted by molar-refractivity contribution is -0.129. The largest absolute Gasteiger partial charge is 0.477 e. The Morgan fingerprint density at radius 1 is 1.15 bits per heavy atom. The van der Waals surface area contributed by atoms with E-state index in [1.54, 1.807) is 0 Å². The van der Waals surface area contributed by atoms with Gasteiger partial charge in [0.1, 0.15) is 5.71 Å². The van der Waals surface area contributed by atoms with Gasteiger partial charge in [-0.15, -0.1) is 0 Å². The molecule has 0 unspecified atom stereocenters. The molecule has 1 rings (SSSR count). The second-order valence-corrected chi connectivity index (χ2v) is 5.21. The number of hydrogen-bond donors (Lipinski definition) is 2. The van der Waals surface area contributed by atoms with Gasteiger partial charge in [-0.05, 0) is 31.2 Å². The van der Waals surface area contributed by atoms with Crippen LogP contribution in [0, 0.1) is 0 Å². The number of rotatable bonds is 4. The average Bonchev–Trinajstić information content (AvgIpc) is 2.34. The van der Waals surface area contributed by atoms with Crippen molar-refractivity contribution in [3.63, 3.8) is 0 Å². The topological polar surface area (TPSA) is 124 Å². The van der Waals surface area contributed by atoms with E-state index in [1.165, 1.54) is 26.0 Å². The highest BCUT2D eigenvalue weighted by Gasteiger charge is 2.15. The number of hydrogen-bond acceptors (Lipinski definition) is 5. The van der Waals surface area contributed by atoms with Crippen LogP contribution in [-0.4, -0.2) is 35.7 Å². The Morgan fingerprint density at radius 2 is 1.65 bits per heavy atom. The summed E-state index contributed by atoms with van der Waals surface area (Å²) in [7, 11) is -4.34. The molecule has 1 aromatic carbocycles. The van der Waals surface area contributed by atoms with Crippen LogP contribution in [0.15, 0.2) is 34.3 Å². The number of amides is 1. The number of carboxylic acids is 1. The predicted molar refractivity (Wildman–Crippen MR) is 70.2 cm³/mol. The van der Waals surface area contributed by atoms with Crippen molar-refractivity contribution in [3.05, 3.63) is 24.3 Å². The molecular formula is C11H12N2O6S. The Morgan fingerprint density at radius 3 is 2.00 bits per heavy atom. The zero-order valence-corrected chi connectivity index (χ0v) is 11.5. The monoisotopic (exact) mass is 300 g/mol. The van der Waals surface area contributed by atoms with Crippen molar-refractivity contribution in [2.75, 3.05) is 5.01 Å². The molecule has 8 nitrogen and oxygen atoms in total. The van der Waals surface area contributed by atoms with Crippen molar-refractivity contribution < 1.29 is 27.7 Å². The highest BCUT2D eigenvalue weighted by atomic mass is 32.2. The summed E-state index contributed by atoms with van der Waals surface area (Å²) < 4.78 is 30.6. The van der Waals surface area contributed by atoms with E-state index in [-0.39, 0.29) is 16.3 Å². The fourth-order valence-electron chi connectivity index (χ4n) is 1.26. The number of benzene rings is 1. The van der Waals surface area contributed by atoms with Crippen LogP contribution in [-0.2, 0) is 19.7 Å². The average molecular weight is 300 g/mol. The fourth-order valence-corrected chi connectivity index (χ4v) is 1.74. The van der Waals surface area contributed by atoms with Gasteiger partial charge < -0.3 is 5.11 Å². The second kappa shape index (κ2) is 5.80. The number of nitrogens with zero attached hydrogens (tertiary/aromatic N) is 2. The number of carbonyl (C=O) groups excluding carboxylic acids is 1. The molecule has 1 amide bonds. The van der Waals surface area contributed by atoms with Gasteiger partial charge in [-0.25, -0.2) is 9.80 Å². The van der Waals surface area contributed by atoms with Gasteiger partial charge in [0.05, 0.1) is 10.6 Å². The predicted octanol–water partition coefficient (Wildman–Crippen LogP) is 0.747. The van der Waals surface area contributed by atoms with E-state index in [0.29, 0.717) is 0 Å². The van der Waals surface area contributed by atoms with Crippen LogP contribution in [0.4, 0.5) is 5.69 Å². The molecule has 0 bridgehead atoms. The molecule has 20 heavy (non-hydrogen) atoms. The van der Waals surface area contributed by atoms with Crippen molar-refractivity contribution in [2.24, 2.45) is 5.10 Å². The Hall–Kier alpha value is -2.26. The van der Waals surface area contributed by atoms with E-state index >= 15 is 0 Å². The number of anilines is 1. The summed E-state index contributed by atoms with van der Waals surface area (Å²) in [5.74, 6) is -1.84. The van der Waals surface area contributed by atoms with Crippen molar-refractivity contribution in [1.82, 2.24) is 0 Å². The molecule has 0 aromatic heterocycles. The summed E-state index contributed by atoms with van der Waals surface area (Å²) >= 11 is 0. The highest BCUT2D eigenvalue weighted by Crippen LogP contribution is 2.18. The highest BCUT2D eigenvalue weighted by molar-refractivity contribution is 7.85. The van der Waals surface area contributed by atoms with E-state index < -0.39 is 22.0 Å². The molecule has 0 aliphatic heterocycles. The van der Waals surface area contributed by atoms with Gasteiger partial charge in [0.15, 0.2) is 0 Å². The van der Waals surface area contributed by atoms with Crippen LogP contribution >= 0.6 is 0 Å². The molecule has 1 aromatic rings. The number of carboxylic acid groups (broad SMARTS) is 1. The molecule has 0 aliphatic carbocycles. The number of carbonyl (C=O) groups is 2. The third-order valence-corrected chi connectivity index (χ3v) is 3.10. The summed E-state index contributed by atoms with van der Waals surface area (Å²) in [6, 6.07) is 4.60. The van der Waals surface area contributed by atoms with Crippen molar-refractivity contribution in [3.8, 4) is 0 Å². The maximum atomic E-state index is 11.4. The van der Waals surface area contributed by atoms with E-state index in [0.717, 1.165) is 17.1 Å². The summed E-state index contributed by atoms with van der Waals surface area (Å²) in [5, 5.41) is 13.2. The second-order valence-electron chi connectivity index (χ2n) is 3.79. The van der Waals surface area contributed by atoms with E-state index in [2.05, 4.69) is 5.10 Å². The quantitative estimate of drug-likeness (QED) is 0.480. The molecule has 0 atom stereocenters. The smallest absolute Gasteiger partial charge is 0.351 e. The zero-order valence-electron chi connectivity index (χ0n) is 10.6. The first-order valence-corrected chi connectivity index (χ1v) is 6.73. The van der Waals surface area contributed by atoms with Crippen LogP contribution in [0.5, 0.6) is 0 Å². The molecule has 9 heteroatoms. The summed E-state index contributed by atoms with van der Waals surface area (Å²) in [6.07, 6.45) is 0. The maximum Gasteiger partial charge on any atom is 0.351 e. The van der Waals surface area contributed by atoms with Gasteiger partial charge in [-0.1, -0.05) is 0 Å². The van der Waals surface area contributed by atoms with E-state index in [9.17, 15) is 18.0 Å². The first-order chi connectivity index (χ1) is 9.12. The van der Waals surface area contributed by atoms with Crippen molar-refractivity contribution >= 4 is 33.4 Å². The standard InChI is InChI=1S/C11H12N2O6S/c1-7(11(15)16)12-13(8(2)14)9-3-5-10(6-4-9)20(17,18)19/h3-6H,1-2H3,(H,15,16)(H,17,18,19)/b12-7+. The molecule has 0 heterocycles. The lowest BCUT2D eigenvalue weighted by Crippen LogP contribution is -2.25. The molecule has 0 aliphatic rings. The molecule has 0 spiro atoms. The molecule has 0 radical (unpaired) electrons. The Kier molecular flexibility index (Phi) is 4.58. The SMILES string of the molecule is CC(=O)N(/N=C(\C)C(=O)O)c1ccc(S(=O)(=O)O)cc1. The third-order valence-electron chi connectivity index (χ3n) is 2.24. The van der Waals surface area contributed by atoms with Crippen LogP contribution in [0.1, 0.15) is 13.8 Å². The molecule has 2 N–H and O–H groups in total. The maximum absolute atomic E-state index is 11.4. The normalized spacial score (nSPS) is 12.1. The summed E-state index contributed by atoms with van der Waals surface area (Å²) in [5.41, 5.74) is -0.135. The van der Waals surface area contributed by atoms with E-state index in [1.807, 2.05) is 0 Å². The molecule has 108 valence electrons. The van der Waals surface area contributed by atoms with Crippen LogP contribution in [0.2, 0.25) is 0 Å². The van der Waals surface area contributed by atoms with Crippen molar-refractivity contribution in [2.45, 2.75) is 18.7 Å². The van der Waals surface area contributed by atoms with Crippen molar-refractivity contribution in [1.29, 1.82) is 0 Å². The lowest BCUT2D eigenvalue weighted by atomic mass is 10.3. The summed E-state index contributed by atoms with van der Waals surface area (Å²) in [4.78, 5) is 21.8. The fraction of sp³-hybridized carbons (Fsp3) is 0.182. The Bertz CT molecular complexity index is 663. The first kappa shape index (κ1) is 15.8. The lowest BCUT2D eigenvalue weighted by Gasteiger charge is -2.15. The Balaban J connectivity index is 3.21. The number of aliphatic carboxylic acids is 1. The van der Waals surface area contributed by atoms with Gasteiger partial charge in [0.25, 0.3) is 10.1 Å². The minimum atomic E-state index is -4.34. The molecular weight excluding hydrogens is 288 g/mol. The van der Waals surface area contributed by atoms with Gasteiger partial charge in [0.2, 0.25) is 5.91 Å². The molecule has 0 fully saturated rings. The Labute approximate surface area is 115 Å². The van der Waals surface area contributed by atoms with E-state index in [4.69, 9.17) is 9.66 Å². The number of hydrazone groups is 1. The summed E-state index contributed by atoms with van der Waals surface area (Å²) in [6.45, 7) is 2.39. The zero-order chi connectivity index (χ0) is 15.5. The van der Waals surface area contributed by atoms with Crippen LogP contribution in [0.25, 0.3) is 0 Å². The van der Waals surface area contributed by atoms with Gasteiger partial charge in [0, 0.05) is 6.92 Å². The first-order valence-electron chi connectivity index (χ1n) is 5.29. The van der Waals surface area contributed by atoms with Gasteiger partial charge >= 0.3 is 5.97 Å². The molecule has 0 saturated carbocycles. The molecule has 0 saturated heterocycles. The minimum Gasteiger partial charge on any atom is -0.477 e. The van der Waals surface area contributed by atoms with Gasteiger partial charge in [-0.2, -0.15) is 13.5 Å².